The molecule has 2 heteroatoms. The molecule has 0 amide bonds. The molecule has 1 aromatic rings. The smallest absolute Gasteiger partial charge is 0.127 e. The van der Waals surface area contributed by atoms with Crippen LogP contribution < -0.4 is 0 Å². The van der Waals surface area contributed by atoms with Crippen molar-refractivity contribution >= 4 is 0 Å². The Morgan fingerprint density at radius 3 is 2.58 bits per heavy atom. The van der Waals surface area contributed by atoms with Crippen LogP contribution in [0.1, 0.15) is 50.8 Å². The predicted octanol–water partition coefficient (Wildman–Crippen LogP) is 2.85. The maximum absolute atomic E-state index is 5.02. The highest BCUT2D eigenvalue weighted by molar-refractivity contribution is 5.29. The van der Waals surface area contributed by atoms with Crippen molar-refractivity contribution in [2.24, 2.45) is 0 Å². The van der Waals surface area contributed by atoms with E-state index in [1.54, 1.807) is 0 Å². The molecule has 0 aromatic carbocycles. The Morgan fingerprint density at radius 2 is 2.08 bits per heavy atom. The van der Waals surface area contributed by atoms with Gasteiger partial charge in [0.2, 0.25) is 0 Å². The molecule has 0 radical (unpaired) electrons. The molecule has 0 aliphatic heterocycles. The summed E-state index contributed by atoms with van der Waals surface area (Å²) in [4.78, 5) is 0. The average molecular weight is 165 g/mol. The van der Waals surface area contributed by atoms with Gasteiger partial charge in [0, 0.05) is 11.0 Å². The van der Waals surface area contributed by atoms with Crippen molar-refractivity contribution in [3.05, 3.63) is 17.5 Å². The lowest BCUT2D eigenvalue weighted by atomic mass is 9.88. The quantitative estimate of drug-likeness (QED) is 0.639. The van der Waals surface area contributed by atoms with Gasteiger partial charge in [-0.15, -0.1) is 0 Å². The van der Waals surface area contributed by atoms with Crippen molar-refractivity contribution in [3.8, 4) is 0 Å². The summed E-state index contributed by atoms with van der Waals surface area (Å²) in [6.07, 6.45) is 4.44. The number of nitrogens with zero attached hydrogens (tertiary/aromatic N) is 1. The SMILES string of the molecule is CC(C)(C)c1nocc1C1CC1. The average Bonchev–Trinajstić information content (AvgIpc) is 2.65. The van der Waals surface area contributed by atoms with Gasteiger partial charge in [-0.1, -0.05) is 25.9 Å². The van der Waals surface area contributed by atoms with E-state index < -0.39 is 0 Å². The lowest BCUT2D eigenvalue weighted by Crippen LogP contribution is -2.13. The van der Waals surface area contributed by atoms with Gasteiger partial charge in [-0.25, -0.2) is 0 Å². The molecule has 1 aliphatic carbocycles. The van der Waals surface area contributed by atoms with Crippen molar-refractivity contribution in [3.63, 3.8) is 0 Å². The van der Waals surface area contributed by atoms with E-state index in [0.717, 1.165) is 11.6 Å². The summed E-state index contributed by atoms with van der Waals surface area (Å²) in [7, 11) is 0. The van der Waals surface area contributed by atoms with Gasteiger partial charge in [0.25, 0.3) is 0 Å². The molecule has 0 atom stereocenters. The molecule has 1 heterocycles. The standard InChI is InChI=1S/C10H15NO/c1-10(2,3)9-8(6-12-11-9)7-4-5-7/h6-7H,4-5H2,1-3H3. The number of hydrogen-bond donors (Lipinski definition) is 0. The van der Waals surface area contributed by atoms with Gasteiger partial charge in [-0.3, -0.25) is 0 Å². The summed E-state index contributed by atoms with van der Waals surface area (Å²) in [6.45, 7) is 6.53. The molecule has 0 bridgehead atoms. The fourth-order valence-electron chi connectivity index (χ4n) is 1.50. The van der Waals surface area contributed by atoms with E-state index in [-0.39, 0.29) is 5.41 Å². The zero-order valence-electron chi connectivity index (χ0n) is 7.92. The number of rotatable bonds is 1. The van der Waals surface area contributed by atoms with Crippen LogP contribution in [0.25, 0.3) is 0 Å². The first kappa shape index (κ1) is 7.84. The van der Waals surface area contributed by atoms with E-state index in [4.69, 9.17) is 4.52 Å². The third-order valence-corrected chi connectivity index (χ3v) is 2.32. The normalized spacial score (nSPS) is 18.2. The first-order chi connectivity index (χ1) is 5.59. The molecule has 2 nitrogen and oxygen atoms in total. The maximum Gasteiger partial charge on any atom is 0.127 e. The van der Waals surface area contributed by atoms with Crippen LogP contribution >= 0.6 is 0 Å². The van der Waals surface area contributed by atoms with Gasteiger partial charge in [0.1, 0.15) is 6.26 Å². The van der Waals surface area contributed by atoms with Crippen molar-refractivity contribution in [1.29, 1.82) is 0 Å². The van der Waals surface area contributed by atoms with E-state index in [0.29, 0.717) is 0 Å². The Labute approximate surface area is 72.9 Å². The zero-order valence-corrected chi connectivity index (χ0v) is 7.92. The molecule has 1 fully saturated rings. The van der Waals surface area contributed by atoms with Crippen LogP contribution in [-0.4, -0.2) is 5.16 Å². The molecule has 0 saturated heterocycles. The Kier molecular flexibility index (Phi) is 1.53. The minimum atomic E-state index is 0.130. The fourth-order valence-corrected chi connectivity index (χ4v) is 1.50. The topological polar surface area (TPSA) is 26.0 Å². The van der Waals surface area contributed by atoms with Gasteiger partial charge in [-0.05, 0) is 18.8 Å². The van der Waals surface area contributed by atoms with Crippen molar-refractivity contribution in [2.75, 3.05) is 0 Å². The van der Waals surface area contributed by atoms with Crippen LogP contribution in [-0.2, 0) is 5.41 Å². The Hall–Kier alpha value is -0.790. The summed E-state index contributed by atoms with van der Waals surface area (Å²) >= 11 is 0. The van der Waals surface area contributed by atoms with E-state index in [9.17, 15) is 0 Å². The highest BCUT2D eigenvalue weighted by Crippen LogP contribution is 2.43. The van der Waals surface area contributed by atoms with E-state index in [2.05, 4.69) is 25.9 Å². The van der Waals surface area contributed by atoms with E-state index in [1.807, 2.05) is 6.26 Å². The maximum atomic E-state index is 5.02. The minimum Gasteiger partial charge on any atom is -0.364 e. The molecule has 66 valence electrons. The lowest BCUT2D eigenvalue weighted by Gasteiger charge is -2.15. The first-order valence-corrected chi connectivity index (χ1v) is 4.54. The third-order valence-electron chi connectivity index (χ3n) is 2.32. The summed E-state index contributed by atoms with van der Waals surface area (Å²) in [5.74, 6) is 0.741. The van der Waals surface area contributed by atoms with Gasteiger partial charge in [0.05, 0.1) is 5.69 Å². The van der Waals surface area contributed by atoms with Crippen molar-refractivity contribution in [1.82, 2.24) is 5.16 Å². The van der Waals surface area contributed by atoms with Crippen LogP contribution in [0, 0.1) is 0 Å². The molecule has 0 unspecified atom stereocenters. The van der Waals surface area contributed by atoms with Crippen LogP contribution in [0.4, 0.5) is 0 Å². The van der Waals surface area contributed by atoms with Gasteiger partial charge < -0.3 is 4.52 Å². The van der Waals surface area contributed by atoms with Crippen LogP contribution in [0.15, 0.2) is 10.8 Å². The molecule has 2 rings (SSSR count). The second kappa shape index (κ2) is 2.35. The van der Waals surface area contributed by atoms with Gasteiger partial charge in [0.15, 0.2) is 0 Å². The van der Waals surface area contributed by atoms with Crippen LogP contribution in [0.2, 0.25) is 0 Å². The zero-order chi connectivity index (χ0) is 8.77. The molecular weight excluding hydrogens is 150 g/mol. The van der Waals surface area contributed by atoms with Crippen molar-refractivity contribution < 1.29 is 4.52 Å². The Balaban J connectivity index is 2.36. The summed E-state index contributed by atoms with van der Waals surface area (Å²) in [5, 5.41) is 4.07. The fraction of sp³-hybridized carbons (Fsp3) is 0.700. The van der Waals surface area contributed by atoms with Crippen LogP contribution in [0.3, 0.4) is 0 Å². The molecule has 12 heavy (non-hydrogen) atoms. The summed E-state index contributed by atoms with van der Waals surface area (Å²) in [5.41, 5.74) is 2.61. The number of aromatic nitrogens is 1. The summed E-state index contributed by atoms with van der Waals surface area (Å²) in [6, 6.07) is 0. The summed E-state index contributed by atoms with van der Waals surface area (Å²) < 4.78 is 5.02. The molecule has 0 N–H and O–H groups in total. The van der Waals surface area contributed by atoms with E-state index >= 15 is 0 Å². The second-order valence-electron chi connectivity index (χ2n) is 4.64. The Bertz CT molecular complexity index is 278. The second-order valence-corrected chi connectivity index (χ2v) is 4.64. The molecule has 1 saturated carbocycles. The van der Waals surface area contributed by atoms with Gasteiger partial charge in [-0.2, -0.15) is 0 Å². The number of hydrogen-bond acceptors (Lipinski definition) is 2. The van der Waals surface area contributed by atoms with Crippen molar-refractivity contribution in [2.45, 2.75) is 44.9 Å². The highest BCUT2D eigenvalue weighted by Gasteiger charge is 2.32. The third kappa shape index (κ3) is 1.26. The molecule has 1 aromatic heterocycles. The monoisotopic (exact) mass is 165 g/mol. The molecular formula is C10H15NO. The van der Waals surface area contributed by atoms with E-state index in [1.165, 1.54) is 18.4 Å². The van der Waals surface area contributed by atoms with Gasteiger partial charge >= 0.3 is 0 Å². The van der Waals surface area contributed by atoms with Crippen LogP contribution in [0.5, 0.6) is 0 Å². The molecule has 1 aliphatic rings. The highest BCUT2D eigenvalue weighted by atomic mass is 16.5. The predicted molar refractivity (Wildman–Crippen MR) is 47.2 cm³/mol. The minimum absolute atomic E-state index is 0.130. The lowest BCUT2D eigenvalue weighted by molar-refractivity contribution is 0.393. The molecule has 0 spiro atoms. The first-order valence-electron chi connectivity index (χ1n) is 4.54. The largest absolute Gasteiger partial charge is 0.364 e. The Morgan fingerprint density at radius 1 is 1.42 bits per heavy atom.